The van der Waals surface area contributed by atoms with Gasteiger partial charge in [-0.25, -0.2) is 18.5 Å². The number of sulfonamides is 1. The number of thiazole rings is 2. The summed E-state index contributed by atoms with van der Waals surface area (Å²) in [5, 5.41) is 5.47. The van der Waals surface area contributed by atoms with Crippen LogP contribution in [0.1, 0.15) is 9.80 Å². The van der Waals surface area contributed by atoms with Crippen LogP contribution in [0.2, 0.25) is 0 Å². The van der Waals surface area contributed by atoms with Crippen molar-refractivity contribution in [1.82, 2.24) is 9.55 Å². The maximum atomic E-state index is 12.7. The van der Waals surface area contributed by atoms with E-state index in [1.165, 1.54) is 23.5 Å². The van der Waals surface area contributed by atoms with Crippen LogP contribution in [0.15, 0.2) is 52.4 Å². The van der Waals surface area contributed by atoms with Crippen molar-refractivity contribution >= 4 is 59.0 Å². The fourth-order valence-electron chi connectivity index (χ4n) is 2.66. The molecule has 28 heavy (non-hydrogen) atoms. The quantitative estimate of drug-likeness (QED) is 0.505. The molecule has 2 heterocycles. The number of terminal acetylenes is 1. The van der Waals surface area contributed by atoms with E-state index >= 15 is 0 Å². The van der Waals surface area contributed by atoms with Gasteiger partial charge in [0, 0.05) is 0 Å². The minimum Gasteiger partial charge on any atom is -0.305 e. The van der Waals surface area contributed by atoms with Gasteiger partial charge in [0.1, 0.15) is 0 Å². The van der Waals surface area contributed by atoms with Crippen molar-refractivity contribution in [2.24, 2.45) is 10.1 Å². The molecule has 2 aromatic carbocycles. The molecule has 0 atom stereocenters. The Morgan fingerprint density at radius 1 is 1.21 bits per heavy atom. The summed E-state index contributed by atoms with van der Waals surface area (Å²) in [5.41, 5.74) is 1.41. The highest BCUT2D eigenvalue weighted by Gasteiger charge is 2.15. The van der Waals surface area contributed by atoms with Crippen molar-refractivity contribution < 1.29 is 13.2 Å². The SMILES string of the molecule is C#CCn1c(=NC(=O)c2nc3ccccc3s2)sc2cc(S(N)(=O)=O)ccc21. The summed E-state index contributed by atoms with van der Waals surface area (Å²) in [4.78, 5) is 21.5. The largest absolute Gasteiger partial charge is 0.308 e. The topological polar surface area (TPSA) is 107 Å². The minimum absolute atomic E-state index is 0.0156. The lowest BCUT2D eigenvalue weighted by Crippen LogP contribution is -2.16. The Hall–Kier alpha value is -2.84. The summed E-state index contributed by atoms with van der Waals surface area (Å²) in [6, 6.07) is 11.9. The molecule has 140 valence electrons. The molecule has 0 spiro atoms. The Kier molecular flexibility index (Phi) is 4.60. The summed E-state index contributed by atoms with van der Waals surface area (Å²) >= 11 is 2.42. The standard InChI is InChI=1S/C18H12N4O3S3/c1-2-9-22-13-8-7-11(28(19,24)25)10-15(13)27-18(22)21-16(23)17-20-12-5-3-4-6-14(12)26-17/h1,3-8,10H,9H2,(H2,19,24,25). The molecule has 4 rings (SSSR count). The third kappa shape index (κ3) is 3.36. The summed E-state index contributed by atoms with van der Waals surface area (Å²) in [6.45, 7) is 0.181. The number of fused-ring (bicyclic) bond motifs is 2. The third-order valence-electron chi connectivity index (χ3n) is 3.91. The van der Waals surface area contributed by atoms with E-state index in [0.717, 1.165) is 21.6 Å². The second-order valence-corrected chi connectivity index (χ2v) is 9.35. The van der Waals surface area contributed by atoms with Gasteiger partial charge >= 0.3 is 5.91 Å². The number of nitrogens with two attached hydrogens (primary N) is 1. The number of primary sulfonamides is 1. The maximum Gasteiger partial charge on any atom is 0.308 e. The molecule has 0 aliphatic heterocycles. The van der Waals surface area contributed by atoms with Gasteiger partial charge in [-0.15, -0.1) is 17.8 Å². The number of para-hydroxylation sites is 1. The molecule has 0 saturated carbocycles. The van der Waals surface area contributed by atoms with Gasteiger partial charge in [0.05, 0.1) is 31.9 Å². The Morgan fingerprint density at radius 3 is 2.71 bits per heavy atom. The van der Waals surface area contributed by atoms with Gasteiger partial charge < -0.3 is 4.57 Å². The van der Waals surface area contributed by atoms with Gasteiger partial charge in [0.2, 0.25) is 10.0 Å². The number of carbonyl (C=O) groups excluding carboxylic acids is 1. The number of rotatable bonds is 3. The molecule has 0 radical (unpaired) electrons. The van der Waals surface area contributed by atoms with Crippen LogP contribution in [0, 0.1) is 12.3 Å². The van der Waals surface area contributed by atoms with Crippen LogP contribution >= 0.6 is 22.7 Å². The van der Waals surface area contributed by atoms with E-state index in [2.05, 4.69) is 15.9 Å². The number of benzene rings is 2. The highest BCUT2D eigenvalue weighted by molar-refractivity contribution is 7.89. The van der Waals surface area contributed by atoms with Crippen LogP contribution < -0.4 is 9.94 Å². The third-order valence-corrected chi connectivity index (χ3v) is 6.88. The zero-order chi connectivity index (χ0) is 19.9. The lowest BCUT2D eigenvalue weighted by atomic mass is 10.3. The fraction of sp³-hybridized carbons (Fsp3) is 0.0556. The first-order valence-corrected chi connectivity index (χ1v) is 11.1. The van der Waals surface area contributed by atoms with Gasteiger partial charge in [0.15, 0.2) is 9.81 Å². The molecule has 4 aromatic rings. The first kappa shape index (κ1) is 18.5. The van der Waals surface area contributed by atoms with Crippen LogP contribution in [-0.4, -0.2) is 23.9 Å². The van der Waals surface area contributed by atoms with Crippen molar-refractivity contribution in [2.45, 2.75) is 11.4 Å². The van der Waals surface area contributed by atoms with E-state index in [-0.39, 0.29) is 16.4 Å². The first-order chi connectivity index (χ1) is 13.4. The summed E-state index contributed by atoms with van der Waals surface area (Å²) in [7, 11) is -3.84. The Bertz CT molecular complexity index is 1420. The average molecular weight is 429 g/mol. The maximum absolute atomic E-state index is 12.7. The molecule has 7 nitrogen and oxygen atoms in total. The van der Waals surface area contributed by atoms with Crippen LogP contribution in [0.3, 0.4) is 0 Å². The molecule has 2 aromatic heterocycles. The molecule has 2 N–H and O–H groups in total. The molecule has 10 heteroatoms. The van der Waals surface area contributed by atoms with Crippen molar-refractivity contribution in [2.75, 3.05) is 0 Å². The lowest BCUT2D eigenvalue weighted by Gasteiger charge is -2.01. The first-order valence-electron chi connectivity index (χ1n) is 7.91. The van der Waals surface area contributed by atoms with Gasteiger partial charge in [-0.3, -0.25) is 4.79 Å². The molecule has 0 aliphatic rings. The van der Waals surface area contributed by atoms with Crippen LogP contribution in [0.4, 0.5) is 0 Å². The highest BCUT2D eigenvalue weighted by Crippen LogP contribution is 2.23. The monoisotopic (exact) mass is 428 g/mol. The summed E-state index contributed by atoms with van der Waals surface area (Å²) < 4.78 is 26.4. The van der Waals surface area contributed by atoms with Gasteiger partial charge in [-0.1, -0.05) is 29.4 Å². The predicted octanol–water partition coefficient (Wildman–Crippen LogP) is 2.33. The molecule has 0 bridgehead atoms. The Morgan fingerprint density at radius 2 is 2.00 bits per heavy atom. The smallest absolute Gasteiger partial charge is 0.305 e. The molecule has 0 unspecified atom stereocenters. The number of nitrogens with zero attached hydrogens (tertiary/aromatic N) is 3. The molecular weight excluding hydrogens is 416 g/mol. The molecule has 0 saturated heterocycles. The van der Waals surface area contributed by atoms with E-state index in [1.54, 1.807) is 10.6 Å². The second-order valence-electron chi connectivity index (χ2n) is 5.75. The predicted molar refractivity (Wildman–Crippen MR) is 110 cm³/mol. The van der Waals surface area contributed by atoms with Gasteiger partial charge in [0.25, 0.3) is 0 Å². The molecule has 1 amide bonds. The average Bonchev–Trinajstić information content (AvgIpc) is 3.23. The zero-order valence-corrected chi connectivity index (χ0v) is 16.6. The van der Waals surface area contributed by atoms with E-state index in [4.69, 9.17) is 11.6 Å². The Labute approximate surface area is 167 Å². The summed E-state index contributed by atoms with van der Waals surface area (Å²) in [6.07, 6.45) is 5.45. The number of aromatic nitrogens is 2. The van der Waals surface area contributed by atoms with Gasteiger partial charge in [-0.05, 0) is 30.3 Å². The van der Waals surface area contributed by atoms with E-state index in [1.807, 2.05) is 24.3 Å². The number of amides is 1. The van der Waals surface area contributed by atoms with Crippen molar-refractivity contribution in [1.29, 1.82) is 0 Å². The number of hydrogen-bond acceptors (Lipinski definition) is 6. The highest BCUT2D eigenvalue weighted by atomic mass is 32.2. The van der Waals surface area contributed by atoms with E-state index < -0.39 is 15.9 Å². The number of hydrogen-bond donors (Lipinski definition) is 1. The van der Waals surface area contributed by atoms with E-state index in [0.29, 0.717) is 15.0 Å². The van der Waals surface area contributed by atoms with E-state index in [9.17, 15) is 13.2 Å². The normalized spacial score (nSPS) is 12.5. The van der Waals surface area contributed by atoms with Crippen molar-refractivity contribution in [3.8, 4) is 12.3 Å². The second kappa shape index (κ2) is 6.96. The van der Waals surface area contributed by atoms with Crippen molar-refractivity contribution in [3.05, 3.63) is 52.3 Å². The van der Waals surface area contributed by atoms with Crippen molar-refractivity contribution in [3.63, 3.8) is 0 Å². The number of carbonyl (C=O) groups is 1. The molecular formula is C18H12N4O3S3. The zero-order valence-electron chi connectivity index (χ0n) is 14.2. The molecule has 0 aliphatic carbocycles. The lowest BCUT2D eigenvalue weighted by molar-refractivity contribution is 0.0997. The fourth-order valence-corrected chi connectivity index (χ4v) is 5.19. The van der Waals surface area contributed by atoms with Crippen LogP contribution in [-0.2, 0) is 16.6 Å². The minimum atomic E-state index is -3.84. The summed E-state index contributed by atoms with van der Waals surface area (Å²) in [5.74, 6) is 2.04. The van der Waals surface area contributed by atoms with Crippen LogP contribution in [0.25, 0.3) is 20.4 Å². The van der Waals surface area contributed by atoms with Crippen LogP contribution in [0.5, 0.6) is 0 Å². The van der Waals surface area contributed by atoms with Gasteiger partial charge in [-0.2, -0.15) is 4.99 Å². The Balaban J connectivity index is 1.87. The molecule has 0 fully saturated rings.